The van der Waals surface area contributed by atoms with Crippen LogP contribution in [0.4, 0.5) is 0 Å². The van der Waals surface area contributed by atoms with Gasteiger partial charge >= 0.3 is 5.97 Å². The van der Waals surface area contributed by atoms with Crippen LogP contribution in [0.2, 0.25) is 0 Å². The lowest BCUT2D eigenvalue weighted by atomic mass is 10.0. The summed E-state index contributed by atoms with van der Waals surface area (Å²) in [7, 11) is 0. The molecule has 4 unspecified atom stereocenters. The van der Waals surface area contributed by atoms with Crippen LogP contribution in [0.1, 0.15) is 37.3 Å². The van der Waals surface area contributed by atoms with Gasteiger partial charge < -0.3 is 32.5 Å². The second kappa shape index (κ2) is 15.4. The van der Waals surface area contributed by atoms with Gasteiger partial charge in [0.05, 0.1) is 6.04 Å². The van der Waals surface area contributed by atoms with E-state index in [-0.39, 0.29) is 19.3 Å². The van der Waals surface area contributed by atoms with Gasteiger partial charge in [-0.05, 0) is 43.9 Å². The van der Waals surface area contributed by atoms with Crippen LogP contribution in [-0.4, -0.2) is 59.5 Å². The van der Waals surface area contributed by atoms with Gasteiger partial charge in [-0.15, -0.1) is 0 Å². The summed E-state index contributed by atoms with van der Waals surface area (Å²) in [5.74, 6) is -2.88. The molecule has 8 N–H and O–H groups in total. The number of hydrogen-bond donors (Lipinski definition) is 6. The largest absolute Gasteiger partial charge is 0.480 e. The van der Waals surface area contributed by atoms with Crippen LogP contribution in [0.15, 0.2) is 60.7 Å². The van der Waals surface area contributed by atoms with Gasteiger partial charge in [0.15, 0.2) is 0 Å². The van der Waals surface area contributed by atoms with Gasteiger partial charge in [-0.1, -0.05) is 60.7 Å². The van der Waals surface area contributed by atoms with Crippen LogP contribution in [-0.2, 0) is 32.0 Å². The first-order valence-electron chi connectivity index (χ1n) is 12.4. The molecule has 2 aromatic carbocycles. The number of rotatable bonds is 15. The van der Waals surface area contributed by atoms with Crippen molar-refractivity contribution in [3.8, 4) is 0 Å². The monoisotopic (exact) mass is 511 g/mol. The van der Waals surface area contributed by atoms with E-state index in [1.165, 1.54) is 6.92 Å². The number of nitrogens with one attached hydrogen (secondary N) is 3. The molecule has 0 heterocycles. The number of carbonyl (C=O) groups is 4. The molecule has 0 aliphatic carbocycles. The van der Waals surface area contributed by atoms with Crippen LogP contribution in [0.3, 0.4) is 0 Å². The zero-order valence-electron chi connectivity index (χ0n) is 21.1. The molecule has 2 rings (SSSR count). The SMILES string of the molecule is CC(N)C(=O)NC(Cc1ccccc1)C(=O)NC(Cc1ccccc1)C(=O)NC(CCCCN)C(=O)O. The molecule has 37 heavy (non-hydrogen) atoms. The van der Waals surface area contributed by atoms with Crippen molar-refractivity contribution in [3.05, 3.63) is 71.8 Å². The van der Waals surface area contributed by atoms with Crippen molar-refractivity contribution in [2.24, 2.45) is 11.5 Å². The van der Waals surface area contributed by atoms with Crippen LogP contribution in [0, 0.1) is 0 Å². The molecular weight excluding hydrogens is 474 g/mol. The van der Waals surface area contributed by atoms with E-state index in [9.17, 15) is 24.3 Å². The number of nitrogens with two attached hydrogens (primary N) is 2. The highest BCUT2D eigenvalue weighted by atomic mass is 16.4. The molecule has 2 aromatic rings. The van der Waals surface area contributed by atoms with E-state index >= 15 is 0 Å². The van der Waals surface area contributed by atoms with E-state index in [1.54, 1.807) is 12.1 Å². The molecule has 0 fully saturated rings. The Hall–Kier alpha value is -3.76. The highest BCUT2D eigenvalue weighted by Crippen LogP contribution is 2.09. The third kappa shape index (κ3) is 10.4. The predicted octanol–water partition coefficient (Wildman–Crippen LogP) is 0.487. The second-order valence-electron chi connectivity index (χ2n) is 8.97. The third-order valence-corrected chi connectivity index (χ3v) is 5.81. The number of amides is 3. The molecule has 0 aliphatic rings. The van der Waals surface area contributed by atoms with Gasteiger partial charge in [0.25, 0.3) is 0 Å². The van der Waals surface area contributed by atoms with Crippen LogP contribution >= 0.6 is 0 Å². The zero-order chi connectivity index (χ0) is 27.2. The molecule has 0 aliphatic heterocycles. The Kier molecular flexibility index (Phi) is 12.2. The topological polar surface area (TPSA) is 177 Å². The predicted molar refractivity (Wildman–Crippen MR) is 140 cm³/mol. The van der Waals surface area contributed by atoms with Gasteiger partial charge in [-0.2, -0.15) is 0 Å². The highest BCUT2D eigenvalue weighted by Gasteiger charge is 2.30. The smallest absolute Gasteiger partial charge is 0.326 e. The van der Waals surface area contributed by atoms with Crippen molar-refractivity contribution in [3.63, 3.8) is 0 Å². The van der Waals surface area contributed by atoms with Crippen molar-refractivity contribution in [2.45, 2.75) is 63.2 Å². The lowest BCUT2D eigenvalue weighted by Gasteiger charge is -2.25. The molecule has 10 heteroatoms. The Morgan fingerprint density at radius 2 is 1.16 bits per heavy atom. The molecule has 0 bridgehead atoms. The van der Waals surface area contributed by atoms with Crippen molar-refractivity contribution in [2.75, 3.05) is 6.54 Å². The van der Waals surface area contributed by atoms with Gasteiger partial charge in [-0.3, -0.25) is 14.4 Å². The van der Waals surface area contributed by atoms with Gasteiger partial charge in [-0.25, -0.2) is 4.79 Å². The summed E-state index contributed by atoms with van der Waals surface area (Å²) in [5.41, 5.74) is 12.8. The fourth-order valence-corrected chi connectivity index (χ4v) is 3.72. The van der Waals surface area contributed by atoms with Crippen molar-refractivity contribution in [1.82, 2.24) is 16.0 Å². The first kappa shape index (κ1) is 29.5. The first-order valence-corrected chi connectivity index (χ1v) is 12.4. The summed E-state index contributed by atoms with van der Waals surface area (Å²) in [6, 6.07) is 14.2. The van der Waals surface area contributed by atoms with E-state index < -0.39 is 47.9 Å². The highest BCUT2D eigenvalue weighted by molar-refractivity contribution is 5.94. The van der Waals surface area contributed by atoms with Crippen molar-refractivity contribution < 1.29 is 24.3 Å². The van der Waals surface area contributed by atoms with Crippen LogP contribution in [0.25, 0.3) is 0 Å². The van der Waals surface area contributed by atoms with Gasteiger partial charge in [0, 0.05) is 12.8 Å². The quantitative estimate of drug-likeness (QED) is 0.188. The average Bonchev–Trinajstić information content (AvgIpc) is 2.88. The summed E-state index contributed by atoms with van der Waals surface area (Å²) in [6.07, 6.45) is 1.69. The molecular formula is C27H37N5O5. The number of carboxylic acid groups (broad SMARTS) is 1. The van der Waals surface area contributed by atoms with E-state index in [0.29, 0.717) is 19.4 Å². The Balaban J connectivity index is 2.25. The number of hydrogen-bond acceptors (Lipinski definition) is 6. The van der Waals surface area contributed by atoms with E-state index in [1.807, 2.05) is 48.5 Å². The zero-order valence-corrected chi connectivity index (χ0v) is 21.1. The third-order valence-electron chi connectivity index (χ3n) is 5.81. The fourth-order valence-electron chi connectivity index (χ4n) is 3.72. The molecule has 0 radical (unpaired) electrons. The lowest BCUT2D eigenvalue weighted by Crippen LogP contribution is -2.58. The summed E-state index contributed by atoms with van der Waals surface area (Å²) in [4.78, 5) is 50.7. The molecule has 0 spiro atoms. The first-order chi connectivity index (χ1) is 17.7. The van der Waals surface area contributed by atoms with Gasteiger partial charge in [0.1, 0.15) is 18.1 Å². The molecule has 4 atom stereocenters. The Morgan fingerprint density at radius 3 is 1.57 bits per heavy atom. The number of carboxylic acids is 1. The number of benzene rings is 2. The minimum Gasteiger partial charge on any atom is -0.480 e. The maximum atomic E-state index is 13.4. The van der Waals surface area contributed by atoms with E-state index in [0.717, 1.165) is 11.1 Å². The minimum absolute atomic E-state index is 0.132. The van der Waals surface area contributed by atoms with Gasteiger partial charge in [0.2, 0.25) is 17.7 Å². The summed E-state index contributed by atoms with van der Waals surface area (Å²) >= 11 is 0. The van der Waals surface area contributed by atoms with E-state index in [4.69, 9.17) is 11.5 Å². The molecule has 10 nitrogen and oxygen atoms in total. The standard InChI is InChI=1S/C27H37N5O5/c1-18(29)24(33)31-22(16-19-10-4-2-5-11-19)26(35)32-23(17-20-12-6-3-7-13-20)25(34)30-21(27(36)37)14-8-9-15-28/h2-7,10-13,18,21-23H,8-9,14-17,28-29H2,1H3,(H,30,34)(H,31,33)(H,32,35)(H,36,37). The fraction of sp³-hybridized carbons (Fsp3) is 0.407. The molecule has 0 saturated heterocycles. The van der Waals surface area contributed by atoms with Crippen molar-refractivity contribution in [1.29, 1.82) is 0 Å². The summed E-state index contributed by atoms with van der Waals surface area (Å²) < 4.78 is 0. The molecule has 200 valence electrons. The number of unbranched alkanes of at least 4 members (excludes halogenated alkanes) is 1. The number of carbonyl (C=O) groups excluding carboxylic acids is 3. The lowest BCUT2D eigenvalue weighted by molar-refractivity contribution is -0.142. The average molecular weight is 512 g/mol. The van der Waals surface area contributed by atoms with Crippen molar-refractivity contribution >= 4 is 23.7 Å². The maximum Gasteiger partial charge on any atom is 0.326 e. The minimum atomic E-state index is -1.17. The normalized spacial score (nSPS) is 14.0. The van der Waals surface area contributed by atoms with Crippen LogP contribution in [0.5, 0.6) is 0 Å². The Morgan fingerprint density at radius 1 is 0.730 bits per heavy atom. The summed E-state index contributed by atoms with van der Waals surface area (Å²) in [6.45, 7) is 1.93. The van der Waals surface area contributed by atoms with Crippen LogP contribution < -0.4 is 27.4 Å². The molecule has 0 saturated carbocycles. The maximum absolute atomic E-state index is 13.4. The number of aliphatic carboxylic acids is 1. The molecule has 3 amide bonds. The Bertz CT molecular complexity index is 1020. The Labute approximate surface area is 217 Å². The second-order valence-corrected chi connectivity index (χ2v) is 8.97. The summed E-state index contributed by atoms with van der Waals surface area (Å²) in [5, 5.41) is 17.5. The molecule has 0 aromatic heterocycles. The van der Waals surface area contributed by atoms with E-state index in [2.05, 4.69) is 16.0 Å².